The van der Waals surface area contributed by atoms with Gasteiger partial charge in [0.15, 0.2) is 0 Å². The van der Waals surface area contributed by atoms with Gasteiger partial charge in [-0.15, -0.1) is 0 Å². The summed E-state index contributed by atoms with van der Waals surface area (Å²) in [5, 5.41) is 0. The summed E-state index contributed by atoms with van der Waals surface area (Å²) < 4.78 is 1.10. The molecule has 0 heterocycles. The molecule has 0 bridgehead atoms. The van der Waals surface area contributed by atoms with Crippen molar-refractivity contribution in [3.05, 3.63) is 11.6 Å². The van der Waals surface area contributed by atoms with Crippen LogP contribution in [0, 0.1) is 0 Å². The van der Waals surface area contributed by atoms with Crippen molar-refractivity contribution in [3.8, 4) is 0 Å². The second kappa shape index (κ2) is 5.36. The standard InChI is InChI=1S/C11H24N/c1-6-8-11(3)9-10-12(4,5)7-2/h9H,6-8,10H2,1-5H3/q+1. The quantitative estimate of drug-likeness (QED) is 0.439. The molecule has 0 aliphatic carbocycles. The van der Waals surface area contributed by atoms with E-state index in [4.69, 9.17) is 0 Å². The van der Waals surface area contributed by atoms with Crippen molar-refractivity contribution in [2.75, 3.05) is 27.2 Å². The molecule has 0 amide bonds. The Morgan fingerprint density at radius 1 is 1.25 bits per heavy atom. The third-order valence-corrected chi connectivity index (χ3v) is 2.43. The van der Waals surface area contributed by atoms with Gasteiger partial charge in [0, 0.05) is 0 Å². The molecule has 0 aromatic rings. The minimum Gasteiger partial charge on any atom is -0.325 e. The number of quaternary nitrogens is 1. The molecule has 0 unspecified atom stereocenters. The van der Waals surface area contributed by atoms with Crippen molar-refractivity contribution in [2.24, 2.45) is 0 Å². The smallest absolute Gasteiger partial charge is 0.0972 e. The molecule has 0 saturated carbocycles. The van der Waals surface area contributed by atoms with Crippen molar-refractivity contribution in [2.45, 2.75) is 33.6 Å². The SMILES string of the molecule is CCCC(C)=CC[N+](C)(C)CC. The Hall–Kier alpha value is -0.300. The van der Waals surface area contributed by atoms with E-state index in [2.05, 4.69) is 40.9 Å². The molecule has 0 N–H and O–H groups in total. The Morgan fingerprint density at radius 3 is 2.25 bits per heavy atom. The lowest BCUT2D eigenvalue weighted by molar-refractivity contribution is -0.882. The Labute approximate surface area is 77.7 Å². The van der Waals surface area contributed by atoms with E-state index in [1.54, 1.807) is 0 Å². The monoisotopic (exact) mass is 170 g/mol. The zero-order valence-electron chi connectivity index (χ0n) is 9.35. The highest BCUT2D eigenvalue weighted by atomic mass is 15.3. The molecule has 0 radical (unpaired) electrons. The number of likely N-dealkylation sites (N-methyl/N-ethyl adjacent to an activating group) is 1. The maximum Gasteiger partial charge on any atom is 0.0972 e. The van der Waals surface area contributed by atoms with E-state index in [1.165, 1.54) is 31.5 Å². The molecule has 0 saturated heterocycles. The average molecular weight is 170 g/mol. The van der Waals surface area contributed by atoms with Crippen molar-refractivity contribution >= 4 is 0 Å². The molecular weight excluding hydrogens is 146 g/mol. The van der Waals surface area contributed by atoms with E-state index in [-0.39, 0.29) is 0 Å². The lowest BCUT2D eigenvalue weighted by atomic mass is 10.1. The van der Waals surface area contributed by atoms with Gasteiger partial charge in [0.05, 0.1) is 27.2 Å². The summed E-state index contributed by atoms with van der Waals surface area (Å²) in [5.41, 5.74) is 1.54. The number of allylic oxidation sites excluding steroid dienone is 1. The van der Waals surface area contributed by atoms with Gasteiger partial charge in [-0.1, -0.05) is 18.9 Å². The minimum absolute atomic E-state index is 1.10. The molecule has 0 spiro atoms. The summed E-state index contributed by atoms with van der Waals surface area (Å²) in [5.74, 6) is 0. The predicted octanol–water partition coefficient (Wildman–Crippen LogP) is 2.83. The highest BCUT2D eigenvalue weighted by molar-refractivity contribution is 4.97. The van der Waals surface area contributed by atoms with Gasteiger partial charge < -0.3 is 4.48 Å². The number of hydrogen-bond donors (Lipinski definition) is 0. The van der Waals surface area contributed by atoms with Crippen molar-refractivity contribution in [3.63, 3.8) is 0 Å². The molecule has 12 heavy (non-hydrogen) atoms. The largest absolute Gasteiger partial charge is 0.325 e. The first-order chi connectivity index (χ1) is 5.52. The highest BCUT2D eigenvalue weighted by Gasteiger charge is 2.08. The van der Waals surface area contributed by atoms with Gasteiger partial charge in [-0.25, -0.2) is 0 Å². The maximum atomic E-state index is 2.38. The van der Waals surface area contributed by atoms with Crippen LogP contribution in [-0.4, -0.2) is 31.7 Å². The Balaban J connectivity index is 3.86. The van der Waals surface area contributed by atoms with Gasteiger partial charge in [0.2, 0.25) is 0 Å². The van der Waals surface area contributed by atoms with Gasteiger partial charge in [-0.2, -0.15) is 0 Å². The predicted molar refractivity (Wildman–Crippen MR) is 56.2 cm³/mol. The fourth-order valence-corrected chi connectivity index (χ4v) is 1.03. The molecule has 0 aliphatic heterocycles. The van der Waals surface area contributed by atoms with Gasteiger partial charge >= 0.3 is 0 Å². The van der Waals surface area contributed by atoms with Crippen molar-refractivity contribution < 1.29 is 4.48 Å². The molecule has 72 valence electrons. The van der Waals surface area contributed by atoms with Gasteiger partial charge in [-0.3, -0.25) is 0 Å². The number of rotatable bonds is 5. The van der Waals surface area contributed by atoms with Crippen LogP contribution in [0.3, 0.4) is 0 Å². The molecule has 0 aromatic carbocycles. The first-order valence-electron chi connectivity index (χ1n) is 4.99. The number of hydrogen-bond acceptors (Lipinski definition) is 0. The highest BCUT2D eigenvalue weighted by Crippen LogP contribution is 2.05. The molecular formula is C11H24N+. The molecule has 1 heteroatoms. The zero-order chi connectivity index (χ0) is 9.61. The Kier molecular flexibility index (Phi) is 5.23. The van der Waals surface area contributed by atoms with E-state index in [0.29, 0.717) is 0 Å². The second-order valence-corrected chi connectivity index (χ2v) is 4.24. The van der Waals surface area contributed by atoms with Crippen LogP contribution >= 0.6 is 0 Å². The van der Waals surface area contributed by atoms with Crippen LogP contribution in [0.5, 0.6) is 0 Å². The van der Waals surface area contributed by atoms with Crippen LogP contribution < -0.4 is 0 Å². The third kappa shape index (κ3) is 5.36. The van der Waals surface area contributed by atoms with Gasteiger partial charge in [0.25, 0.3) is 0 Å². The molecule has 0 atom stereocenters. The maximum absolute atomic E-state index is 2.38. The summed E-state index contributed by atoms with van der Waals surface area (Å²) in [6, 6.07) is 0. The first-order valence-corrected chi connectivity index (χ1v) is 4.99. The van der Waals surface area contributed by atoms with Crippen molar-refractivity contribution in [1.29, 1.82) is 0 Å². The summed E-state index contributed by atoms with van der Waals surface area (Å²) in [6.45, 7) is 9.08. The van der Waals surface area contributed by atoms with E-state index < -0.39 is 0 Å². The van der Waals surface area contributed by atoms with E-state index in [0.717, 1.165) is 4.48 Å². The topological polar surface area (TPSA) is 0 Å². The molecule has 0 aromatic heterocycles. The van der Waals surface area contributed by atoms with Gasteiger partial charge in [0.1, 0.15) is 0 Å². The molecule has 0 aliphatic rings. The fraction of sp³-hybridized carbons (Fsp3) is 0.818. The summed E-state index contributed by atoms with van der Waals surface area (Å²) >= 11 is 0. The number of nitrogens with zero attached hydrogens (tertiary/aromatic N) is 1. The zero-order valence-corrected chi connectivity index (χ0v) is 9.35. The lowest BCUT2D eigenvalue weighted by Gasteiger charge is -2.26. The molecule has 1 nitrogen and oxygen atoms in total. The Bertz CT molecular complexity index is 145. The minimum atomic E-state index is 1.10. The van der Waals surface area contributed by atoms with E-state index >= 15 is 0 Å². The van der Waals surface area contributed by atoms with Crippen LogP contribution in [0.1, 0.15) is 33.6 Å². The molecule has 0 fully saturated rings. The lowest BCUT2D eigenvalue weighted by Crippen LogP contribution is -2.39. The Morgan fingerprint density at radius 2 is 1.83 bits per heavy atom. The fourth-order valence-electron chi connectivity index (χ4n) is 1.03. The third-order valence-electron chi connectivity index (χ3n) is 2.43. The van der Waals surface area contributed by atoms with Gasteiger partial charge in [-0.05, 0) is 26.3 Å². The van der Waals surface area contributed by atoms with Crippen molar-refractivity contribution in [1.82, 2.24) is 0 Å². The van der Waals surface area contributed by atoms with Crippen LogP contribution in [0.2, 0.25) is 0 Å². The van der Waals surface area contributed by atoms with Crippen LogP contribution in [-0.2, 0) is 0 Å². The molecule has 0 rings (SSSR count). The average Bonchev–Trinajstić information content (AvgIpc) is 2.02. The summed E-state index contributed by atoms with van der Waals surface area (Å²) in [6.07, 6.45) is 4.90. The van der Waals surface area contributed by atoms with Crippen LogP contribution in [0.25, 0.3) is 0 Å². The second-order valence-electron chi connectivity index (χ2n) is 4.24. The van der Waals surface area contributed by atoms with Crippen LogP contribution in [0.15, 0.2) is 11.6 Å². The van der Waals surface area contributed by atoms with Crippen LogP contribution in [0.4, 0.5) is 0 Å². The summed E-state index contributed by atoms with van der Waals surface area (Å²) in [7, 11) is 4.55. The summed E-state index contributed by atoms with van der Waals surface area (Å²) in [4.78, 5) is 0. The van der Waals surface area contributed by atoms with E-state index in [9.17, 15) is 0 Å². The van der Waals surface area contributed by atoms with E-state index in [1.807, 2.05) is 0 Å². The normalized spacial score (nSPS) is 13.6. The first kappa shape index (κ1) is 11.7.